The highest BCUT2D eigenvalue weighted by atomic mass is 35.5. The molecule has 17 heavy (non-hydrogen) atoms. The molecule has 2 aromatic rings. The summed E-state index contributed by atoms with van der Waals surface area (Å²) in [6, 6.07) is 17.7. The molecule has 0 saturated heterocycles. The topological polar surface area (TPSA) is 23.8 Å². The van der Waals surface area contributed by atoms with Crippen LogP contribution in [-0.4, -0.2) is 0 Å². The highest BCUT2D eigenvalue weighted by Gasteiger charge is 2.07. The zero-order valence-corrected chi connectivity index (χ0v) is 10.3. The Morgan fingerprint density at radius 2 is 1.41 bits per heavy atom. The molecular weight excluding hydrogens is 230 g/mol. The minimum Gasteiger partial charge on any atom is -0.192 e. The van der Waals surface area contributed by atoms with Crippen LogP contribution in [0.5, 0.6) is 0 Å². The molecule has 0 bridgehead atoms. The molecule has 84 valence electrons. The quantitative estimate of drug-likeness (QED) is 0.766. The minimum absolute atomic E-state index is 0.306. The standard InChI is InChI=1S/C15H12ClN/c1-11(14-6-8-15(16)9-7-14)13-4-2-12(10-17)3-5-13/h2-9,11H,1H3/t11-/m1/s1. The molecule has 0 fully saturated rings. The predicted molar refractivity (Wildman–Crippen MR) is 70.1 cm³/mol. The molecule has 0 heterocycles. The van der Waals surface area contributed by atoms with Crippen molar-refractivity contribution in [3.63, 3.8) is 0 Å². The van der Waals surface area contributed by atoms with Crippen LogP contribution >= 0.6 is 11.6 Å². The Morgan fingerprint density at radius 3 is 1.88 bits per heavy atom. The van der Waals surface area contributed by atoms with E-state index in [9.17, 15) is 0 Å². The van der Waals surface area contributed by atoms with Crippen LogP contribution in [0, 0.1) is 11.3 Å². The molecule has 0 unspecified atom stereocenters. The molecule has 2 rings (SSSR count). The fourth-order valence-corrected chi connectivity index (χ4v) is 1.92. The third kappa shape index (κ3) is 2.67. The number of hydrogen-bond donors (Lipinski definition) is 0. The first kappa shape index (κ1) is 11.7. The van der Waals surface area contributed by atoms with Gasteiger partial charge in [0.25, 0.3) is 0 Å². The van der Waals surface area contributed by atoms with Gasteiger partial charge >= 0.3 is 0 Å². The average molecular weight is 242 g/mol. The maximum Gasteiger partial charge on any atom is 0.0991 e. The highest BCUT2D eigenvalue weighted by Crippen LogP contribution is 2.25. The van der Waals surface area contributed by atoms with E-state index in [1.54, 1.807) is 0 Å². The Hall–Kier alpha value is -1.78. The third-order valence-electron chi connectivity index (χ3n) is 2.91. The van der Waals surface area contributed by atoms with Crippen LogP contribution in [0.4, 0.5) is 0 Å². The Morgan fingerprint density at radius 1 is 0.941 bits per heavy atom. The van der Waals surface area contributed by atoms with E-state index in [4.69, 9.17) is 16.9 Å². The van der Waals surface area contributed by atoms with Crippen molar-refractivity contribution in [2.45, 2.75) is 12.8 Å². The van der Waals surface area contributed by atoms with Gasteiger partial charge in [-0.15, -0.1) is 0 Å². The average Bonchev–Trinajstić information content (AvgIpc) is 2.39. The Labute approximate surface area is 106 Å². The molecule has 0 amide bonds. The SMILES string of the molecule is C[C@@H](c1ccc(Cl)cc1)c1ccc(C#N)cc1. The van der Waals surface area contributed by atoms with Crippen molar-refractivity contribution < 1.29 is 0 Å². The van der Waals surface area contributed by atoms with Crippen molar-refractivity contribution in [1.29, 1.82) is 5.26 Å². The molecular formula is C15H12ClN. The van der Waals surface area contributed by atoms with Gasteiger partial charge in [-0.1, -0.05) is 42.8 Å². The number of hydrogen-bond acceptors (Lipinski definition) is 1. The number of nitriles is 1. The zero-order chi connectivity index (χ0) is 12.3. The minimum atomic E-state index is 0.306. The van der Waals surface area contributed by atoms with Crippen molar-refractivity contribution in [2.24, 2.45) is 0 Å². The Bertz CT molecular complexity index is 535. The van der Waals surface area contributed by atoms with E-state index >= 15 is 0 Å². The molecule has 0 N–H and O–H groups in total. The van der Waals surface area contributed by atoms with Gasteiger partial charge in [-0.25, -0.2) is 0 Å². The summed E-state index contributed by atoms with van der Waals surface area (Å²) in [4.78, 5) is 0. The summed E-state index contributed by atoms with van der Waals surface area (Å²) >= 11 is 5.87. The van der Waals surface area contributed by atoms with Crippen molar-refractivity contribution in [3.8, 4) is 6.07 Å². The maximum absolute atomic E-state index is 8.75. The molecule has 2 aromatic carbocycles. The number of nitrogens with zero attached hydrogens (tertiary/aromatic N) is 1. The van der Waals surface area contributed by atoms with E-state index in [1.165, 1.54) is 11.1 Å². The second kappa shape index (κ2) is 5.03. The number of benzene rings is 2. The van der Waals surface area contributed by atoms with E-state index in [0.717, 1.165) is 5.02 Å². The summed E-state index contributed by atoms with van der Waals surface area (Å²) in [5.74, 6) is 0.306. The van der Waals surface area contributed by atoms with Crippen LogP contribution in [0.3, 0.4) is 0 Å². The van der Waals surface area contributed by atoms with Gasteiger partial charge in [0.05, 0.1) is 11.6 Å². The lowest BCUT2D eigenvalue weighted by Gasteiger charge is -2.12. The molecule has 1 atom stereocenters. The van der Waals surface area contributed by atoms with Crippen LogP contribution in [0.15, 0.2) is 48.5 Å². The van der Waals surface area contributed by atoms with Crippen LogP contribution in [0.25, 0.3) is 0 Å². The largest absolute Gasteiger partial charge is 0.192 e. The van der Waals surface area contributed by atoms with E-state index in [2.05, 4.69) is 13.0 Å². The molecule has 0 saturated carbocycles. The summed E-state index contributed by atoms with van der Waals surface area (Å²) in [5, 5.41) is 9.50. The molecule has 0 aromatic heterocycles. The summed E-state index contributed by atoms with van der Waals surface area (Å²) in [5.41, 5.74) is 3.11. The first-order valence-corrected chi connectivity index (χ1v) is 5.84. The van der Waals surface area contributed by atoms with Crippen molar-refractivity contribution >= 4 is 11.6 Å². The number of halogens is 1. The van der Waals surface area contributed by atoms with Gasteiger partial charge in [-0.2, -0.15) is 5.26 Å². The van der Waals surface area contributed by atoms with Crippen LogP contribution < -0.4 is 0 Å². The lowest BCUT2D eigenvalue weighted by molar-refractivity contribution is 0.922. The molecule has 0 aliphatic carbocycles. The van der Waals surface area contributed by atoms with Crippen LogP contribution in [0.2, 0.25) is 5.02 Å². The molecule has 2 heteroatoms. The second-order valence-electron chi connectivity index (χ2n) is 4.01. The van der Waals surface area contributed by atoms with Gasteiger partial charge in [0.15, 0.2) is 0 Å². The summed E-state index contributed by atoms with van der Waals surface area (Å²) in [6.45, 7) is 2.14. The second-order valence-corrected chi connectivity index (χ2v) is 4.44. The Balaban J connectivity index is 2.27. The van der Waals surface area contributed by atoms with Crippen LogP contribution in [-0.2, 0) is 0 Å². The van der Waals surface area contributed by atoms with E-state index < -0.39 is 0 Å². The van der Waals surface area contributed by atoms with E-state index in [0.29, 0.717) is 11.5 Å². The summed E-state index contributed by atoms with van der Waals surface area (Å²) in [7, 11) is 0. The van der Waals surface area contributed by atoms with Crippen molar-refractivity contribution in [3.05, 3.63) is 70.2 Å². The van der Waals surface area contributed by atoms with Crippen LogP contribution in [0.1, 0.15) is 29.5 Å². The van der Waals surface area contributed by atoms with E-state index in [1.807, 2.05) is 48.5 Å². The first-order chi connectivity index (χ1) is 8.20. The van der Waals surface area contributed by atoms with Gasteiger partial charge in [-0.05, 0) is 35.4 Å². The van der Waals surface area contributed by atoms with E-state index in [-0.39, 0.29) is 0 Å². The summed E-state index contributed by atoms with van der Waals surface area (Å²) < 4.78 is 0. The van der Waals surface area contributed by atoms with Gasteiger partial charge in [-0.3, -0.25) is 0 Å². The highest BCUT2D eigenvalue weighted by molar-refractivity contribution is 6.30. The summed E-state index contributed by atoms with van der Waals surface area (Å²) in [6.07, 6.45) is 0. The lowest BCUT2D eigenvalue weighted by atomic mass is 9.93. The molecule has 0 aliphatic rings. The maximum atomic E-state index is 8.75. The van der Waals surface area contributed by atoms with Gasteiger partial charge in [0.2, 0.25) is 0 Å². The van der Waals surface area contributed by atoms with Crippen molar-refractivity contribution in [1.82, 2.24) is 0 Å². The van der Waals surface area contributed by atoms with Gasteiger partial charge < -0.3 is 0 Å². The smallest absolute Gasteiger partial charge is 0.0991 e. The molecule has 0 spiro atoms. The monoisotopic (exact) mass is 241 g/mol. The number of rotatable bonds is 2. The predicted octanol–water partition coefficient (Wildman–Crippen LogP) is 4.36. The van der Waals surface area contributed by atoms with Gasteiger partial charge in [0.1, 0.15) is 0 Å². The third-order valence-corrected chi connectivity index (χ3v) is 3.16. The fraction of sp³-hybridized carbons (Fsp3) is 0.133. The first-order valence-electron chi connectivity index (χ1n) is 5.46. The lowest BCUT2D eigenvalue weighted by Crippen LogP contribution is -1.95. The Kier molecular flexibility index (Phi) is 3.46. The van der Waals surface area contributed by atoms with Crippen molar-refractivity contribution in [2.75, 3.05) is 0 Å². The molecule has 0 radical (unpaired) electrons. The fourth-order valence-electron chi connectivity index (χ4n) is 1.79. The zero-order valence-electron chi connectivity index (χ0n) is 9.52. The molecule has 1 nitrogen and oxygen atoms in total. The molecule has 0 aliphatic heterocycles. The normalized spacial score (nSPS) is 11.8. The van der Waals surface area contributed by atoms with Gasteiger partial charge in [0, 0.05) is 10.9 Å².